The molecule has 1 fully saturated rings. The van der Waals surface area contributed by atoms with Gasteiger partial charge < -0.3 is 5.32 Å². The predicted octanol–water partition coefficient (Wildman–Crippen LogP) is 0.603. The lowest BCUT2D eigenvalue weighted by atomic mass is 9.99. The van der Waals surface area contributed by atoms with Crippen LogP contribution >= 0.6 is 12.2 Å². The van der Waals surface area contributed by atoms with Crippen molar-refractivity contribution >= 4 is 33.3 Å². The Labute approximate surface area is 147 Å². The van der Waals surface area contributed by atoms with Gasteiger partial charge in [0.15, 0.2) is 5.11 Å². The summed E-state index contributed by atoms with van der Waals surface area (Å²) in [5.74, 6) is -0.669. The van der Waals surface area contributed by atoms with E-state index in [1.165, 1.54) is 4.31 Å². The molecule has 1 amide bonds. The van der Waals surface area contributed by atoms with Crippen LogP contribution < -0.4 is 16.2 Å². The zero-order chi connectivity index (χ0) is 17.6. The largest absolute Gasteiger partial charge is 0.362 e. The van der Waals surface area contributed by atoms with Crippen LogP contribution in [0.3, 0.4) is 0 Å². The van der Waals surface area contributed by atoms with Crippen molar-refractivity contribution in [2.24, 2.45) is 5.92 Å². The highest BCUT2D eigenvalue weighted by atomic mass is 32.2. The van der Waals surface area contributed by atoms with Crippen LogP contribution in [0.5, 0.6) is 0 Å². The topological polar surface area (TPSA) is 90.5 Å². The second-order valence-corrected chi connectivity index (χ2v) is 7.84. The average Bonchev–Trinajstić information content (AvgIpc) is 2.61. The van der Waals surface area contributed by atoms with Gasteiger partial charge in [-0.3, -0.25) is 15.6 Å². The first-order valence-corrected chi connectivity index (χ1v) is 9.69. The van der Waals surface area contributed by atoms with E-state index in [9.17, 15) is 13.2 Å². The molecule has 132 valence electrons. The molecule has 2 rings (SSSR count). The van der Waals surface area contributed by atoms with Gasteiger partial charge in [0.1, 0.15) is 0 Å². The summed E-state index contributed by atoms with van der Waals surface area (Å²) < 4.78 is 26.7. The van der Waals surface area contributed by atoms with Crippen LogP contribution in [0, 0.1) is 5.92 Å². The molecule has 0 aromatic heterocycles. The van der Waals surface area contributed by atoms with Crippen LogP contribution in [-0.2, 0) is 14.8 Å². The smallest absolute Gasteiger partial charge is 0.243 e. The third-order valence-corrected chi connectivity index (χ3v) is 5.90. The van der Waals surface area contributed by atoms with Gasteiger partial charge in [-0.1, -0.05) is 18.2 Å². The van der Waals surface area contributed by atoms with Crippen molar-refractivity contribution in [3.63, 3.8) is 0 Å². The van der Waals surface area contributed by atoms with Gasteiger partial charge in [0, 0.05) is 19.6 Å². The highest BCUT2D eigenvalue weighted by Gasteiger charge is 2.33. The number of carbonyl (C=O) groups is 1. The lowest BCUT2D eigenvalue weighted by Crippen LogP contribution is -2.52. The molecule has 1 aromatic carbocycles. The monoisotopic (exact) mass is 370 g/mol. The van der Waals surface area contributed by atoms with Crippen LogP contribution in [0.4, 0.5) is 0 Å². The number of rotatable bonds is 4. The molecule has 0 saturated carbocycles. The Morgan fingerprint density at radius 1 is 1.29 bits per heavy atom. The molecule has 0 unspecified atom stereocenters. The van der Waals surface area contributed by atoms with Gasteiger partial charge in [-0.2, -0.15) is 4.31 Å². The Balaban J connectivity index is 1.99. The second kappa shape index (κ2) is 8.41. The summed E-state index contributed by atoms with van der Waals surface area (Å²) in [7, 11) is -3.57. The fraction of sp³-hybridized carbons (Fsp3) is 0.467. The Bertz CT molecular complexity index is 679. The van der Waals surface area contributed by atoms with Crippen molar-refractivity contribution in [2.75, 3.05) is 19.6 Å². The third kappa shape index (κ3) is 4.65. The van der Waals surface area contributed by atoms with E-state index in [0.717, 1.165) is 0 Å². The van der Waals surface area contributed by atoms with Gasteiger partial charge >= 0.3 is 0 Å². The Morgan fingerprint density at radius 3 is 2.67 bits per heavy atom. The lowest BCUT2D eigenvalue weighted by Gasteiger charge is -2.31. The van der Waals surface area contributed by atoms with Gasteiger partial charge in [0.2, 0.25) is 15.9 Å². The van der Waals surface area contributed by atoms with Crippen molar-refractivity contribution in [3.05, 3.63) is 30.3 Å². The van der Waals surface area contributed by atoms with Crippen molar-refractivity contribution < 1.29 is 13.2 Å². The molecule has 1 aliphatic rings. The van der Waals surface area contributed by atoms with Crippen molar-refractivity contribution in [1.82, 2.24) is 20.5 Å². The highest BCUT2D eigenvalue weighted by Crippen LogP contribution is 2.23. The van der Waals surface area contributed by atoms with Gasteiger partial charge in [0.25, 0.3) is 0 Å². The van der Waals surface area contributed by atoms with Crippen LogP contribution in [0.1, 0.15) is 19.8 Å². The Kier molecular flexibility index (Phi) is 6.52. The summed E-state index contributed by atoms with van der Waals surface area (Å²) in [4.78, 5) is 12.5. The van der Waals surface area contributed by atoms with E-state index in [1.807, 2.05) is 6.92 Å². The molecule has 7 nitrogen and oxygen atoms in total. The van der Waals surface area contributed by atoms with E-state index in [2.05, 4.69) is 16.2 Å². The highest BCUT2D eigenvalue weighted by molar-refractivity contribution is 7.89. The van der Waals surface area contributed by atoms with E-state index in [1.54, 1.807) is 30.3 Å². The SMILES string of the molecule is CCNC(=S)NNC(=O)[C@@H]1CCCN(S(=O)(=O)c2ccccc2)C1. The summed E-state index contributed by atoms with van der Waals surface area (Å²) >= 11 is 4.98. The van der Waals surface area contributed by atoms with Crippen LogP contribution in [0.25, 0.3) is 0 Å². The zero-order valence-electron chi connectivity index (χ0n) is 13.5. The molecule has 0 bridgehead atoms. The number of hydrogen-bond acceptors (Lipinski definition) is 4. The number of thiocarbonyl (C=S) groups is 1. The van der Waals surface area contributed by atoms with Crippen molar-refractivity contribution in [1.29, 1.82) is 0 Å². The van der Waals surface area contributed by atoms with E-state index in [-0.39, 0.29) is 17.3 Å². The zero-order valence-corrected chi connectivity index (χ0v) is 15.1. The van der Waals surface area contributed by atoms with Gasteiger partial charge in [-0.05, 0) is 44.1 Å². The van der Waals surface area contributed by atoms with Gasteiger partial charge in [-0.15, -0.1) is 0 Å². The molecular weight excluding hydrogens is 348 g/mol. The number of nitrogens with one attached hydrogen (secondary N) is 3. The number of carbonyl (C=O) groups excluding carboxylic acids is 1. The van der Waals surface area contributed by atoms with Gasteiger partial charge in [-0.25, -0.2) is 8.42 Å². The van der Waals surface area contributed by atoms with Gasteiger partial charge in [0.05, 0.1) is 10.8 Å². The molecule has 1 heterocycles. The summed E-state index contributed by atoms with van der Waals surface area (Å²) in [6.07, 6.45) is 1.28. The molecule has 3 N–H and O–H groups in total. The Morgan fingerprint density at radius 2 is 2.00 bits per heavy atom. The molecule has 0 aliphatic carbocycles. The number of hydrazine groups is 1. The fourth-order valence-corrected chi connectivity index (χ4v) is 4.28. The van der Waals surface area contributed by atoms with E-state index in [4.69, 9.17) is 12.2 Å². The first kappa shape index (κ1) is 18.6. The third-order valence-electron chi connectivity index (χ3n) is 3.77. The number of piperidine rings is 1. The minimum absolute atomic E-state index is 0.165. The van der Waals surface area contributed by atoms with Crippen LogP contribution in [-0.4, -0.2) is 43.4 Å². The molecular formula is C15H22N4O3S2. The Hall–Kier alpha value is -1.71. The molecule has 1 atom stereocenters. The number of benzene rings is 1. The summed E-state index contributed by atoms with van der Waals surface area (Å²) in [5, 5.41) is 3.19. The predicted molar refractivity (Wildman–Crippen MR) is 95.5 cm³/mol. The van der Waals surface area contributed by atoms with Crippen molar-refractivity contribution in [2.45, 2.75) is 24.7 Å². The minimum atomic E-state index is -3.57. The fourth-order valence-electron chi connectivity index (χ4n) is 2.54. The van der Waals surface area contributed by atoms with E-state index < -0.39 is 15.9 Å². The molecule has 0 radical (unpaired) electrons. The minimum Gasteiger partial charge on any atom is -0.362 e. The normalized spacial score (nSPS) is 18.6. The summed E-state index contributed by atoms with van der Waals surface area (Å²) in [6, 6.07) is 8.27. The quantitative estimate of drug-likeness (QED) is 0.531. The number of nitrogens with zero attached hydrogens (tertiary/aromatic N) is 1. The van der Waals surface area contributed by atoms with E-state index >= 15 is 0 Å². The number of sulfonamides is 1. The van der Waals surface area contributed by atoms with Crippen LogP contribution in [0.15, 0.2) is 35.2 Å². The van der Waals surface area contributed by atoms with Crippen LogP contribution in [0.2, 0.25) is 0 Å². The molecule has 1 aromatic rings. The van der Waals surface area contributed by atoms with E-state index in [0.29, 0.717) is 31.0 Å². The lowest BCUT2D eigenvalue weighted by molar-refractivity contribution is -0.126. The molecule has 1 aliphatic heterocycles. The maximum absolute atomic E-state index is 12.7. The first-order chi connectivity index (χ1) is 11.4. The number of amides is 1. The summed E-state index contributed by atoms with van der Waals surface area (Å²) in [5.41, 5.74) is 5.15. The summed E-state index contributed by atoms with van der Waals surface area (Å²) in [6.45, 7) is 3.13. The average molecular weight is 371 g/mol. The maximum atomic E-state index is 12.7. The standard InChI is InChI=1S/C15H22N4O3S2/c1-2-16-15(23)18-17-14(20)12-7-6-10-19(11-12)24(21,22)13-8-4-3-5-9-13/h3-5,8-9,12H,2,6-7,10-11H2,1H3,(H,17,20)(H2,16,18,23)/t12-/m1/s1. The molecule has 0 spiro atoms. The molecule has 1 saturated heterocycles. The molecule has 24 heavy (non-hydrogen) atoms. The second-order valence-electron chi connectivity index (χ2n) is 5.49. The first-order valence-electron chi connectivity index (χ1n) is 7.84. The van der Waals surface area contributed by atoms with Crippen molar-refractivity contribution in [3.8, 4) is 0 Å². The maximum Gasteiger partial charge on any atom is 0.243 e. The molecule has 9 heteroatoms. The number of hydrogen-bond donors (Lipinski definition) is 3.